The fraction of sp³-hybridized carbons (Fsp3) is 0.316. The molecular formula is C19H23N3O5. The van der Waals surface area contributed by atoms with Crippen LogP contribution in [0.4, 0.5) is 5.82 Å². The van der Waals surface area contributed by atoms with Gasteiger partial charge in [-0.2, -0.15) is 0 Å². The highest BCUT2D eigenvalue weighted by atomic mass is 16.5. The van der Waals surface area contributed by atoms with Gasteiger partial charge in [0, 0.05) is 11.1 Å². The van der Waals surface area contributed by atoms with Gasteiger partial charge in [0.15, 0.2) is 5.82 Å². The van der Waals surface area contributed by atoms with Gasteiger partial charge in [-0.05, 0) is 44.4 Å². The minimum Gasteiger partial charge on any atom is -0.497 e. The second-order valence-electron chi connectivity index (χ2n) is 5.48. The topological polar surface area (TPSA) is 98.8 Å². The molecule has 27 heavy (non-hydrogen) atoms. The van der Waals surface area contributed by atoms with Crippen molar-refractivity contribution in [3.8, 4) is 5.75 Å². The maximum atomic E-state index is 12.1. The molecule has 1 aromatic heterocycles. The Morgan fingerprint density at radius 2 is 1.89 bits per heavy atom. The van der Waals surface area contributed by atoms with E-state index in [0.29, 0.717) is 11.6 Å². The number of esters is 2. The Labute approximate surface area is 157 Å². The molecule has 2 N–H and O–H groups in total. The van der Waals surface area contributed by atoms with Gasteiger partial charge in [-0.1, -0.05) is 6.07 Å². The van der Waals surface area contributed by atoms with Crippen LogP contribution in [-0.4, -0.2) is 37.2 Å². The summed E-state index contributed by atoms with van der Waals surface area (Å²) in [7, 11) is 1.58. The summed E-state index contributed by atoms with van der Waals surface area (Å²) in [5.41, 5.74) is 6.27. The van der Waals surface area contributed by atoms with Crippen LogP contribution >= 0.6 is 0 Å². The number of nitrogens with one attached hydrogen (secondary N) is 2. The normalized spacial score (nSPS) is 11.0. The molecule has 144 valence electrons. The van der Waals surface area contributed by atoms with E-state index >= 15 is 0 Å². The largest absolute Gasteiger partial charge is 0.497 e. The van der Waals surface area contributed by atoms with Crippen molar-refractivity contribution in [2.75, 3.05) is 25.7 Å². The van der Waals surface area contributed by atoms with Gasteiger partial charge >= 0.3 is 11.9 Å². The van der Waals surface area contributed by atoms with Crippen LogP contribution in [0.25, 0.3) is 10.8 Å². The molecule has 8 nitrogen and oxygen atoms in total. The monoisotopic (exact) mass is 373 g/mol. The first-order chi connectivity index (χ1) is 13.0. The zero-order valence-corrected chi connectivity index (χ0v) is 15.8. The van der Waals surface area contributed by atoms with E-state index in [4.69, 9.17) is 14.2 Å². The first kappa shape index (κ1) is 20.0. The third-order valence-corrected chi connectivity index (χ3v) is 3.53. The number of pyridine rings is 1. The highest BCUT2D eigenvalue weighted by Crippen LogP contribution is 2.26. The van der Waals surface area contributed by atoms with Crippen LogP contribution in [0.2, 0.25) is 0 Å². The summed E-state index contributed by atoms with van der Waals surface area (Å²) in [5, 5.41) is 1.73. The van der Waals surface area contributed by atoms with Crippen molar-refractivity contribution >= 4 is 28.5 Å². The third-order valence-electron chi connectivity index (χ3n) is 3.53. The Balaban J connectivity index is 2.32. The molecule has 0 saturated carbocycles. The van der Waals surface area contributed by atoms with Gasteiger partial charge in [0.25, 0.3) is 0 Å². The number of benzene rings is 1. The zero-order valence-electron chi connectivity index (χ0n) is 15.8. The van der Waals surface area contributed by atoms with E-state index in [1.54, 1.807) is 21.0 Å². The van der Waals surface area contributed by atoms with Gasteiger partial charge in [0.1, 0.15) is 11.4 Å². The second-order valence-corrected chi connectivity index (χ2v) is 5.48. The number of anilines is 1. The molecule has 2 rings (SSSR count). The SMILES string of the molecule is CCOC(=O)/C=C(/NNc1nc(C)cc2ccc(OC)cc12)C(=O)OCC. The first-order valence-corrected chi connectivity index (χ1v) is 8.51. The van der Waals surface area contributed by atoms with Gasteiger partial charge in [-0.25, -0.2) is 14.6 Å². The lowest BCUT2D eigenvalue weighted by atomic mass is 10.1. The van der Waals surface area contributed by atoms with Crippen LogP contribution < -0.4 is 15.6 Å². The lowest BCUT2D eigenvalue weighted by Gasteiger charge is -2.14. The number of rotatable bonds is 8. The molecule has 0 unspecified atom stereocenters. The van der Waals surface area contributed by atoms with Crippen LogP contribution in [0, 0.1) is 6.92 Å². The van der Waals surface area contributed by atoms with E-state index in [1.807, 2.05) is 31.2 Å². The van der Waals surface area contributed by atoms with Crippen molar-refractivity contribution in [2.24, 2.45) is 0 Å². The molecule has 0 bridgehead atoms. The molecular weight excluding hydrogens is 350 g/mol. The minimum atomic E-state index is -0.687. The standard InChI is InChI=1S/C19H23N3O5/c1-5-26-17(23)11-16(19(24)27-6-2)21-22-18-15-10-14(25-4)8-7-13(15)9-12(3)20-18/h7-11,21H,5-6H2,1-4H3,(H,20,22)/b16-11+. The average Bonchev–Trinajstić information content (AvgIpc) is 2.64. The number of hydrazine groups is 1. The Hall–Kier alpha value is -3.29. The summed E-state index contributed by atoms with van der Waals surface area (Å²) in [4.78, 5) is 28.3. The Kier molecular flexibility index (Phi) is 6.99. The summed E-state index contributed by atoms with van der Waals surface area (Å²) in [6, 6.07) is 7.52. The molecule has 8 heteroatoms. The summed E-state index contributed by atoms with van der Waals surface area (Å²) >= 11 is 0. The van der Waals surface area contributed by atoms with Gasteiger partial charge < -0.3 is 14.2 Å². The van der Waals surface area contributed by atoms with Gasteiger partial charge in [-0.15, -0.1) is 0 Å². The van der Waals surface area contributed by atoms with Crippen molar-refractivity contribution in [1.29, 1.82) is 0 Å². The molecule has 0 saturated heterocycles. The van der Waals surface area contributed by atoms with E-state index in [9.17, 15) is 9.59 Å². The highest BCUT2D eigenvalue weighted by molar-refractivity contribution is 5.97. The number of hydrogen-bond donors (Lipinski definition) is 2. The quantitative estimate of drug-likeness (QED) is 0.414. The molecule has 0 aliphatic heterocycles. The lowest BCUT2D eigenvalue weighted by molar-refractivity contribution is -0.141. The molecule has 0 aliphatic rings. The number of aromatic nitrogens is 1. The molecule has 0 radical (unpaired) electrons. The second kappa shape index (κ2) is 9.42. The molecule has 0 atom stereocenters. The smallest absolute Gasteiger partial charge is 0.356 e. The molecule has 0 fully saturated rings. The van der Waals surface area contributed by atoms with Crippen LogP contribution in [-0.2, 0) is 19.1 Å². The molecule has 0 amide bonds. The Bertz CT molecular complexity index is 864. The van der Waals surface area contributed by atoms with Crippen LogP contribution in [0.1, 0.15) is 19.5 Å². The molecule has 0 aliphatic carbocycles. The van der Waals surface area contributed by atoms with Crippen molar-refractivity contribution in [3.63, 3.8) is 0 Å². The minimum absolute atomic E-state index is 0.0883. The summed E-state index contributed by atoms with van der Waals surface area (Å²) < 4.78 is 15.1. The van der Waals surface area contributed by atoms with Gasteiger partial charge in [0.2, 0.25) is 0 Å². The van der Waals surface area contributed by atoms with E-state index in [0.717, 1.165) is 22.5 Å². The summed E-state index contributed by atoms with van der Waals surface area (Å²) in [6.07, 6.45) is 1.03. The van der Waals surface area contributed by atoms with E-state index in [2.05, 4.69) is 15.8 Å². The number of hydrogen-bond acceptors (Lipinski definition) is 8. The van der Waals surface area contributed by atoms with E-state index in [1.165, 1.54) is 0 Å². The lowest BCUT2D eigenvalue weighted by Crippen LogP contribution is -2.29. The van der Waals surface area contributed by atoms with Gasteiger partial charge in [-0.3, -0.25) is 10.9 Å². The summed E-state index contributed by atoms with van der Waals surface area (Å²) in [5.74, 6) is -0.196. The number of ether oxygens (including phenoxy) is 3. The molecule has 1 heterocycles. The Morgan fingerprint density at radius 1 is 1.15 bits per heavy atom. The van der Waals surface area contributed by atoms with Gasteiger partial charge in [0.05, 0.1) is 26.4 Å². The number of fused-ring (bicyclic) bond motifs is 1. The highest BCUT2D eigenvalue weighted by Gasteiger charge is 2.14. The fourth-order valence-corrected chi connectivity index (χ4v) is 2.37. The number of nitrogens with zero attached hydrogens (tertiary/aromatic N) is 1. The molecule has 2 aromatic rings. The zero-order chi connectivity index (χ0) is 19.8. The maximum absolute atomic E-state index is 12.1. The van der Waals surface area contributed by atoms with E-state index in [-0.39, 0.29) is 18.9 Å². The maximum Gasteiger partial charge on any atom is 0.356 e. The average molecular weight is 373 g/mol. The fourth-order valence-electron chi connectivity index (χ4n) is 2.37. The number of carbonyl (C=O) groups excluding carboxylic acids is 2. The van der Waals surface area contributed by atoms with Crippen molar-refractivity contribution < 1.29 is 23.8 Å². The number of methoxy groups -OCH3 is 1. The van der Waals surface area contributed by atoms with Crippen molar-refractivity contribution in [1.82, 2.24) is 10.4 Å². The first-order valence-electron chi connectivity index (χ1n) is 8.51. The number of carbonyl (C=O) groups is 2. The van der Waals surface area contributed by atoms with Crippen LogP contribution in [0.15, 0.2) is 36.0 Å². The predicted octanol–water partition coefficient (Wildman–Crippen LogP) is 2.48. The Morgan fingerprint density at radius 3 is 2.56 bits per heavy atom. The van der Waals surface area contributed by atoms with E-state index < -0.39 is 11.9 Å². The van der Waals surface area contributed by atoms with Crippen LogP contribution in [0.3, 0.4) is 0 Å². The molecule has 1 aromatic carbocycles. The third kappa shape index (κ3) is 5.34. The van der Waals surface area contributed by atoms with Crippen molar-refractivity contribution in [3.05, 3.63) is 41.7 Å². The van der Waals surface area contributed by atoms with Crippen LogP contribution in [0.5, 0.6) is 5.75 Å². The number of aryl methyl sites for hydroxylation is 1. The predicted molar refractivity (Wildman–Crippen MR) is 101 cm³/mol. The molecule has 0 spiro atoms. The summed E-state index contributed by atoms with van der Waals surface area (Å²) in [6.45, 7) is 5.58. The van der Waals surface area contributed by atoms with Crippen molar-refractivity contribution in [2.45, 2.75) is 20.8 Å².